The average molecular weight is 273 g/mol. The summed E-state index contributed by atoms with van der Waals surface area (Å²) < 4.78 is 2.32. The molecule has 21 heavy (non-hydrogen) atoms. The Labute approximate surface area is 123 Å². The van der Waals surface area contributed by atoms with Crippen LogP contribution < -0.4 is 0 Å². The average Bonchev–Trinajstić information content (AvgIpc) is 2.90. The SMILES string of the molecule is O=Cc1ccc(-n2c3c(c4ccccc42)C=CCC3)cc1. The van der Waals surface area contributed by atoms with Gasteiger partial charge in [-0.2, -0.15) is 0 Å². The normalized spacial score (nSPS) is 13.3. The summed E-state index contributed by atoms with van der Waals surface area (Å²) in [6, 6.07) is 16.3. The van der Waals surface area contributed by atoms with E-state index >= 15 is 0 Å². The van der Waals surface area contributed by atoms with E-state index < -0.39 is 0 Å². The summed E-state index contributed by atoms with van der Waals surface area (Å²) in [7, 11) is 0. The maximum atomic E-state index is 10.8. The molecule has 0 saturated carbocycles. The molecule has 0 amide bonds. The number of fused-ring (bicyclic) bond motifs is 3. The monoisotopic (exact) mass is 273 g/mol. The van der Waals surface area contributed by atoms with E-state index in [1.165, 1.54) is 22.2 Å². The first-order valence-electron chi connectivity index (χ1n) is 7.23. The van der Waals surface area contributed by atoms with Crippen LogP contribution in [-0.4, -0.2) is 10.9 Å². The highest BCUT2D eigenvalue weighted by molar-refractivity contribution is 5.93. The molecule has 4 rings (SSSR count). The Bertz CT molecular complexity index is 853. The van der Waals surface area contributed by atoms with Crippen LogP contribution in [0.25, 0.3) is 22.7 Å². The lowest BCUT2D eigenvalue weighted by Gasteiger charge is -2.13. The summed E-state index contributed by atoms with van der Waals surface area (Å²) in [4.78, 5) is 10.8. The van der Waals surface area contributed by atoms with Gasteiger partial charge in [0.15, 0.2) is 0 Å². The van der Waals surface area contributed by atoms with Crippen LogP contribution in [0.15, 0.2) is 54.6 Å². The second kappa shape index (κ2) is 4.74. The first-order chi connectivity index (χ1) is 10.4. The van der Waals surface area contributed by atoms with Gasteiger partial charge in [0.25, 0.3) is 0 Å². The van der Waals surface area contributed by atoms with Crippen LogP contribution in [0.1, 0.15) is 28.0 Å². The van der Waals surface area contributed by atoms with Crippen LogP contribution in [0.3, 0.4) is 0 Å². The molecule has 0 bridgehead atoms. The number of aldehydes is 1. The first-order valence-corrected chi connectivity index (χ1v) is 7.23. The third-order valence-corrected chi connectivity index (χ3v) is 4.14. The van der Waals surface area contributed by atoms with Crippen LogP contribution in [0.5, 0.6) is 0 Å². The number of carbonyl (C=O) groups excluding carboxylic acids is 1. The summed E-state index contributed by atoms with van der Waals surface area (Å²) >= 11 is 0. The van der Waals surface area contributed by atoms with Gasteiger partial charge in [-0.1, -0.05) is 30.4 Å². The quantitative estimate of drug-likeness (QED) is 0.634. The van der Waals surface area contributed by atoms with Crippen LogP contribution >= 0.6 is 0 Å². The summed E-state index contributed by atoms with van der Waals surface area (Å²) in [5, 5.41) is 1.29. The molecule has 1 aliphatic carbocycles. The molecule has 0 unspecified atom stereocenters. The number of rotatable bonds is 2. The van der Waals surface area contributed by atoms with Crippen molar-refractivity contribution in [3.63, 3.8) is 0 Å². The second-order valence-corrected chi connectivity index (χ2v) is 5.36. The lowest BCUT2D eigenvalue weighted by atomic mass is 10.0. The maximum Gasteiger partial charge on any atom is 0.150 e. The van der Waals surface area contributed by atoms with Gasteiger partial charge in [-0.3, -0.25) is 4.79 Å². The van der Waals surface area contributed by atoms with Crippen molar-refractivity contribution in [2.75, 3.05) is 0 Å². The van der Waals surface area contributed by atoms with E-state index in [0.29, 0.717) is 5.56 Å². The van der Waals surface area contributed by atoms with Crippen molar-refractivity contribution < 1.29 is 4.79 Å². The van der Waals surface area contributed by atoms with Crippen LogP contribution in [0.4, 0.5) is 0 Å². The topological polar surface area (TPSA) is 22.0 Å². The number of benzene rings is 2. The van der Waals surface area contributed by atoms with Gasteiger partial charge >= 0.3 is 0 Å². The van der Waals surface area contributed by atoms with Gasteiger partial charge in [0.2, 0.25) is 0 Å². The predicted molar refractivity (Wildman–Crippen MR) is 86.0 cm³/mol. The molecule has 2 heteroatoms. The molecule has 2 aromatic carbocycles. The molecule has 1 aromatic heterocycles. The summed E-state index contributed by atoms with van der Waals surface area (Å²) in [6.07, 6.45) is 7.49. The molecular formula is C19H15NO. The van der Waals surface area contributed by atoms with Gasteiger partial charge in [0.05, 0.1) is 5.52 Å². The minimum Gasteiger partial charge on any atom is -0.313 e. The Morgan fingerprint density at radius 3 is 2.62 bits per heavy atom. The number of para-hydroxylation sites is 1. The predicted octanol–water partition coefficient (Wildman–Crippen LogP) is 4.40. The third kappa shape index (κ3) is 1.83. The number of aromatic nitrogens is 1. The molecule has 0 spiro atoms. The molecular weight excluding hydrogens is 258 g/mol. The molecule has 0 N–H and O–H groups in total. The van der Waals surface area contributed by atoms with Gasteiger partial charge < -0.3 is 4.57 Å². The van der Waals surface area contributed by atoms with E-state index in [0.717, 1.165) is 24.8 Å². The smallest absolute Gasteiger partial charge is 0.150 e. The van der Waals surface area contributed by atoms with Gasteiger partial charge in [-0.25, -0.2) is 0 Å². The fraction of sp³-hybridized carbons (Fsp3) is 0.105. The van der Waals surface area contributed by atoms with Crippen molar-refractivity contribution in [1.29, 1.82) is 0 Å². The zero-order valence-corrected chi connectivity index (χ0v) is 11.6. The number of carbonyl (C=O) groups is 1. The van der Waals surface area contributed by atoms with E-state index in [2.05, 4.69) is 41.0 Å². The van der Waals surface area contributed by atoms with Gasteiger partial charge in [0.1, 0.15) is 6.29 Å². The highest BCUT2D eigenvalue weighted by atomic mass is 16.1. The minimum absolute atomic E-state index is 0.712. The maximum absolute atomic E-state index is 10.8. The highest BCUT2D eigenvalue weighted by Crippen LogP contribution is 2.33. The highest BCUT2D eigenvalue weighted by Gasteiger charge is 2.17. The Kier molecular flexibility index (Phi) is 2.74. The van der Waals surface area contributed by atoms with E-state index in [1.807, 2.05) is 24.3 Å². The van der Waals surface area contributed by atoms with Crippen molar-refractivity contribution in [1.82, 2.24) is 4.57 Å². The second-order valence-electron chi connectivity index (χ2n) is 5.36. The molecule has 2 nitrogen and oxygen atoms in total. The van der Waals surface area contributed by atoms with Crippen molar-refractivity contribution in [2.24, 2.45) is 0 Å². The summed E-state index contributed by atoms with van der Waals surface area (Å²) in [6.45, 7) is 0. The molecule has 1 aliphatic rings. The van der Waals surface area contributed by atoms with E-state index in [1.54, 1.807) is 0 Å². The van der Waals surface area contributed by atoms with Gasteiger partial charge in [-0.05, 0) is 43.2 Å². The summed E-state index contributed by atoms with van der Waals surface area (Å²) in [5.74, 6) is 0. The molecule has 0 saturated heterocycles. The molecule has 1 heterocycles. The third-order valence-electron chi connectivity index (χ3n) is 4.14. The standard InChI is InChI=1S/C19H15NO/c21-13-14-9-11-15(12-10-14)20-18-7-3-1-5-16(18)17-6-2-4-8-19(17)20/h1-3,5-7,9-13H,4,8H2. The molecule has 0 radical (unpaired) electrons. The van der Waals surface area contributed by atoms with Crippen molar-refractivity contribution in [3.8, 4) is 5.69 Å². The van der Waals surface area contributed by atoms with Gasteiger partial charge in [-0.15, -0.1) is 0 Å². The fourth-order valence-corrected chi connectivity index (χ4v) is 3.17. The van der Waals surface area contributed by atoms with Crippen molar-refractivity contribution in [3.05, 3.63) is 71.4 Å². The van der Waals surface area contributed by atoms with E-state index in [-0.39, 0.29) is 0 Å². The lowest BCUT2D eigenvalue weighted by Crippen LogP contribution is -2.03. The van der Waals surface area contributed by atoms with Crippen LogP contribution in [-0.2, 0) is 6.42 Å². The number of nitrogens with zero attached hydrogens (tertiary/aromatic N) is 1. The zero-order valence-electron chi connectivity index (χ0n) is 11.6. The Morgan fingerprint density at radius 2 is 1.81 bits per heavy atom. The Balaban J connectivity index is 2.03. The van der Waals surface area contributed by atoms with Crippen molar-refractivity contribution in [2.45, 2.75) is 12.8 Å². The Morgan fingerprint density at radius 1 is 1.00 bits per heavy atom. The van der Waals surface area contributed by atoms with Crippen LogP contribution in [0, 0.1) is 0 Å². The number of hydrogen-bond acceptors (Lipinski definition) is 1. The zero-order chi connectivity index (χ0) is 14.2. The van der Waals surface area contributed by atoms with E-state index in [4.69, 9.17) is 0 Å². The minimum atomic E-state index is 0.712. The van der Waals surface area contributed by atoms with Crippen molar-refractivity contribution >= 4 is 23.3 Å². The fourth-order valence-electron chi connectivity index (χ4n) is 3.17. The largest absolute Gasteiger partial charge is 0.313 e. The van der Waals surface area contributed by atoms with Crippen LogP contribution in [0.2, 0.25) is 0 Å². The van der Waals surface area contributed by atoms with Gasteiger partial charge in [0, 0.05) is 27.9 Å². The van der Waals surface area contributed by atoms with E-state index in [9.17, 15) is 4.79 Å². The Hall–Kier alpha value is -2.61. The lowest BCUT2D eigenvalue weighted by molar-refractivity contribution is 0.112. The molecule has 0 atom stereocenters. The molecule has 102 valence electrons. The molecule has 3 aromatic rings. The summed E-state index contributed by atoms with van der Waals surface area (Å²) in [5.41, 5.74) is 5.75. The number of hydrogen-bond donors (Lipinski definition) is 0. The molecule has 0 fully saturated rings. The first kappa shape index (κ1) is 12.2. The number of allylic oxidation sites excluding steroid dienone is 1. The molecule has 0 aliphatic heterocycles.